The number of furan rings is 1. The number of amides is 1. The van der Waals surface area contributed by atoms with Gasteiger partial charge in [-0.1, -0.05) is 6.07 Å². The molecule has 0 spiro atoms. The maximum atomic E-state index is 12.3. The zero-order valence-electron chi connectivity index (χ0n) is 13.2. The predicted molar refractivity (Wildman–Crippen MR) is 91.7 cm³/mol. The molecule has 2 aromatic heterocycles. The minimum Gasteiger partial charge on any atom is -0.455 e. The average Bonchev–Trinajstić information content (AvgIpc) is 2.97. The molecule has 1 N–H and O–H groups in total. The Balaban J connectivity index is 1.87. The van der Waals surface area contributed by atoms with Gasteiger partial charge < -0.3 is 9.73 Å². The van der Waals surface area contributed by atoms with Gasteiger partial charge in [0.1, 0.15) is 11.5 Å². The van der Waals surface area contributed by atoms with Crippen LogP contribution >= 0.6 is 0 Å². The zero-order valence-corrected chi connectivity index (χ0v) is 14.1. The number of carbonyl (C=O) groups is 1. The molecule has 7 heteroatoms. The van der Waals surface area contributed by atoms with Crippen LogP contribution in [0, 0.1) is 6.92 Å². The molecule has 0 atom stereocenters. The second-order valence-corrected chi connectivity index (χ2v) is 7.76. The van der Waals surface area contributed by atoms with Gasteiger partial charge in [-0.05, 0) is 42.8 Å². The molecule has 0 aliphatic carbocycles. The van der Waals surface area contributed by atoms with Gasteiger partial charge in [-0.15, -0.1) is 0 Å². The highest BCUT2D eigenvalue weighted by molar-refractivity contribution is 7.89. The van der Waals surface area contributed by atoms with Crippen molar-refractivity contribution in [1.82, 2.24) is 4.98 Å². The fraction of sp³-hybridized carbons (Fsp3) is 0.176. The summed E-state index contributed by atoms with van der Waals surface area (Å²) in [5.41, 5.74) is 2.44. The van der Waals surface area contributed by atoms with Gasteiger partial charge in [0.15, 0.2) is 15.6 Å². The first-order valence-corrected chi connectivity index (χ1v) is 9.32. The molecule has 0 saturated carbocycles. The van der Waals surface area contributed by atoms with Crippen LogP contribution in [0.5, 0.6) is 0 Å². The van der Waals surface area contributed by atoms with Crippen LogP contribution in [0.4, 0.5) is 5.69 Å². The number of anilines is 1. The van der Waals surface area contributed by atoms with Crippen molar-refractivity contribution < 1.29 is 17.6 Å². The summed E-state index contributed by atoms with van der Waals surface area (Å²) >= 11 is 0. The maximum absolute atomic E-state index is 12.3. The molecular formula is C17H16N2O4S. The Kier molecular flexibility index (Phi) is 4.11. The Bertz CT molecular complexity index is 1020. The first-order chi connectivity index (χ1) is 11.3. The second-order valence-electron chi connectivity index (χ2n) is 5.62. The average molecular weight is 344 g/mol. The Hall–Kier alpha value is -2.67. The van der Waals surface area contributed by atoms with Gasteiger partial charge in [-0.25, -0.2) is 8.42 Å². The Morgan fingerprint density at radius 3 is 2.75 bits per heavy atom. The molecule has 0 unspecified atom stereocenters. The molecule has 24 heavy (non-hydrogen) atoms. The topological polar surface area (TPSA) is 89.3 Å². The van der Waals surface area contributed by atoms with Gasteiger partial charge in [0.25, 0.3) is 5.91 Å². The lowest BCUT2D eigenvalue weighted by atomic mass is 10.1. The van der Waals surface area contributed by atoms with E-state index in [1.165, 1.54) is 12.1 Å². The maximum Gasteiger partial charge on any atom is 0.291 e. The molecule has 0 bridgehead atoms. The highest BCUT2D eigenvalue weighted by atomic mass is 32.2. The number of rotatable bonds is 4. The molecule has 2 heterocycles. The lowest BCUT2D eigenvalue weighted by molar-refractivity contribution is 0.0995. The Morgan fingerprint density at radius 1 is 1.21 bits per heavy atom. The van der Waals surface area contributed by atoms with E-state index >= 15 is 0 Å². The van der Waals surface area contributed by atoms with E-state index in [9.17, 15) is 13.2 Å². The molecule has 3 aromatic rings. The number of aromatic nitrogens is 1. The first kappa shape index (κ1) is 16.2. The van der Waals surface area contributed by atoms with Gasteiger partial charge in [0.05, 0.1) is 11.2 Å². The molecule has 1 aromatic carbocycles. The summed E-state index contributed by atoms with van der Waals surface area (Å²) in [5.74, 6) is -0.384. The van der Waals surface area contributed by atoms with E-state index in [2.05, 4.69) is 10.3 Å². The van der Waals surface area contributed by atoms with E-state index in [-0.39, 0.29) is 17.3 Å². The molecule has 0 aliphatic rings. The van der Waals surface area contributed by atoms with E-state index in [0.717, 1.165) is 22.7 Å². The summed E-state index contributed by atoms with van der Waals surface area (Å²) in [7, 11) is -3.22. The Labute approximate surface area is 139 Å². The van der Waals surface area contributed by atoms with Crippen LogP contribution in [0.3, 0.4) is 0 Å². The van der Waals surface area contributed by atoms with Crippen LogP contribution in [0.15, 0.2) is 47.0 Å². The van der Waals surface area contributed by atoms with E-state index in [1.54, 1.807) is 18.3 Å². The lowest BCUT2D eigenvalue weighted by Crippen LogP contribution is -2.11. The molecule has 6 nitrogen and oxygen atoms in total. The van der Waals surface area contributed by atoms with Crippen molar-refractivity contribution in [3.63, 3.8) is 0 Å². The molecule has 0 saturated heterocycles. The second kappa shape index (κ2) is 6.09. The quantitative estimate of drug-likeness (QED) is 0.786. The van der Waals surface area contributed by atoms with Crippen LogP contribution in [0.2, 0.25) is 0 Å². The van der Waals surface area contributed by atoms with Gasteiger partial charge in [-0.3, -0.25) is 9.78 Å². The van der Waals surface area contributed by atoms with Crippen molar-refractivity contribution in [2.75, 3.05) is 11.6 Å². The van der Waals surface area contributed by atoms with Crippen molar-refractivity contribution >= 4 is 32.3 Å². The van der Waals surface area contributed by atoms with Crippen molar-refractivity contribution in [2.45, 2.75) is 12.7 Å². The monoisotopic (exact) mass is 344 g/mol. The van der Waals surface area contributed by atoms with Crippen LogP contribution in [0.25, 0.3) is 10.9 Å². The number of hydrogen-bond donors (Lipinski definition) is 1. The number of sulfone groups is 1. The normalized spacial score (nSPS) is 11.6. The fourth-order valence-corrected chi connectivity index (χ4v) is 3.11. The van der Waals surface area contributed by atoms with Gasteiger partial charge >= 0.3 is 0 Å². The number of benzene rings is 1. The summed E-state index contributed by atoms with van der Waals surface area (Å²) in [6, 6.07) is 10.3. The van der Waals surface area contributed by atoms with E-state index < -0.39 is 15.7 Å². The molecule has 1 amide bonds. The number of hydrogen-bond acceptors (Lipinski definition) is 5. The van der Waals surface area contributed by atoms with Crippen LogP contribution in [0.1, 0.15) is 21.9 Å². The zero-order chi connectivity index (χ0) is 17.3. The number of nitrogens with zero attached hydrogens (tertiary/aromatic N) is 1. The number of pyridine rings is 1. The van der Waals surface area contributed by atoms with E-state index in [4.69, 9.17) is 4.42 Å². The van der Waals surface area contributed by atoms with Gasteiger partial charge in [0, 0.05) is 17.8 Å². The standard InChI is InChI=1S/C17H16N2O4S/c1-11-5-7-14(13-4-3-9-18-16(11)13)19-17(20)15-8-6-12(23-15)10-24(2,21)22/h3-9H,10H2,1-2H3,(H,19,20). The fourth-order valence-electron chi connectivity index (χ4n) is 2.44. The lowest BCUT2D eigenvalue weighted by Gasteiger charge is -2.09. The number of nitrogens with one attached hydrogen (secondary N) is 1. The summed E-state index contributed by atoms with van der Waals surface area (Å²) < 4.78 is 27.9. The summed E-state index contributed by atoms with van der Waals surface area (Å²) in [6.07, 6.45) is 2.81. The number of carbonyl (C=O) groups excluding carboxylic acids is 1. The third-order valence-electron chi connectivity index (χ3n) is 3.51. The smallest absolute Gasteiger partial charge is 0.291 e. The third-order valence-corrected chi connectivity index (χ3v) is 4.32. The molecular weight excluding hydrogens is 328 g/mol. The Morgan fingerprint density at radius 2 is 2.00 bits per heavy atom. The third kappa shape index (κ3) is 3.46. The molecule has 3 rings (SSSR count). The molecule has 0 aliphatic heterocycles. The number of aryl methyl sites for hydroxylation is 1. The molecule has 0 fully saturated rings. The SMILES string of the molecule is Cc1ccc(NC(=O)c2ccc(CS(C)(=O)=O)o2)c2cccnc12. The van der Waals surface area contributed by atoms with Crippen molar-refractivity contribution in [1.29, 1.82) is 0 Å². The highest BCUT2D eigenvalue weighted by Gasteiger charge is 2.15. The van der Waals surface area contributed by atoms with Crippen molar-refractivity contribution in [3.8, 4) is 0 Å². The van der Waals surface area contributed by atoms with E-state index in [0.29, 0.717) is 5.69 Å². The summed E-state index contributed by atoms with van der Waals surface area (Å²) in [4.78, 5) is 16.7. The van der Waals surface area contributed by atoms with Crippen molar-refractivity contribution in [2.24, 2.45) is 0 Å². The van der Waals surface area contributed by atoms with Gasteiger partial charge in [-0.2, -0.15) is 0 Å². The minimum absolute atomic E-state index is 0.0614. The van der Waals surface area contributed by atoms with Crippen LogP contribution < -0.4 is 5.32 Å². The highest BCUT2D eigenvalue weighted by Crippen LogP contribution is 2.25. The first-order valence-electron chi connectivity index (χ1n) is 7.25. The van der Waals surface area contributed by atoms with E-state index in [1.807, 2.05) is 19.1 Å². The van der Waals surface area contributed by atoms with Crippen LogP contribution in [-0.4, -0.2) is 25.6 Å². The van der Waals surface area contributed by atoms with Crippen LogP contribution in [-0.2, 0) is 15.6 Å². The van der Waals surface area contributed by atoms with Gasteiger partial charge in [0.2, 0.25) is 0 Å². The minimum atomic E-state index is -3.22. The summed E-state index contributed by atoms with van der Waals surface area (Å²) in [6.45, 7) is 1.95. The summed E-state index contributed by atoms with van der Waals surface area (Å²) in [5, 5.41) is 3.61. The predicted octanol–water partition coefficient (Wildman–Crippen LogP) is 2.93. The molecule has 0 radical (unpaired) electrons. The number of fused-ring (bicyclic) bond motifs is 1. The van der Waals surface area contributed by atoms with Crippen molar-refractivity contribution in [3.05, 3.63) is 59.7 Å². The largest absolute Gasteiger partial charge is 0.455 e. The molecule has 124 valence electrons.